The molecule has 0 spiro atoms. The standard InChI is InChI=1S/C8H11N3O/c1-11(2)8(12)10-7-4-3-5-9-6-7/h3-6H,1-2H3,(H,10,12). The maximum Gasteiger partial charge on any atom is 0.321 e. The largest absolute Gasteiger partial charge is 0.331 e. The fourth-order valence-electron chi connectivity index (χ4n) is 0.672. The fourth-order valence-corrected chi connectivity index (χ4v) is 0.672. The molecule has 0 saturated heterocycles. The highest BCUT2D eigenvalue weighted by atomic mass is 16.2. The summed E-state index contributed by atoms with van der Waals surface area (Å²) in [5, 5.41) is 2.67. The smallest absolute Gasteiger partial charge is 0.321 e. The van der Waals surface area contributed by atoms with E-state index in [2.05, 4.69) is 10.3 Å². The van der Waals surface area contributed by atoms with Crippen molar-refractivity contribution in [3.8, 4) is 0 Å². The molecule has 4 nitrogen and oxygen atoms in total. The number of rotatable bonds is 1. The summed E-state index contributed by atoms with van der Waals surface area (Å²) in [6.45, 7) is 0. The molecule has 0 aromatic carbocycles. The van der Waals surface area contributed by atoms with Gasteiger partial charge in [-0.1, -0.05) is 0 Å². The van der Waals surface area contributed by atoms with E-state index in [9.17, 15) is 4.79 Å². The second-order valence-corrected chi connectivity index (χ2v) is 2.57. The van der Waals surface area contributed by atoms with Crippen molar-refractivity contribution in [2.75, 3.05) is 19.4 Å². The maximum atomic E-state index is 11.1. The third kappa shape index (κ3) is 2.23. The van der Waals surface area contributed by atoms with E-state index >= 15 is 0 Å². The SMILES string of the molecule is CN(C)C(=O)Nc1cccnc1. The summed E-state index contributed by atoms with van der Waals surface area (Å²) >= 11 is 0. The third-order valence-electron chi connectivity index (χ3n) is 1.32. The number of aromatic nitrogens is 1. The Bertz CT molecular complexity index is 258. The second kappa shape index (κ2) is 3.71. The quantitative estimate of drug-likeness (QED) is 0.679. The first-order chi connectivity index (χ1) is 5.70. The average Bonchev–Trinajstić information content (AvgIpc) is 2.06. The molecule has 4 heteroatoms. The van der Waals surface area contributed by atoms with Gasteiger partial charge in [-0.05, 0) is 12.1 Å². The van der Waals surface area contributed by atoms with Crippen molar-refractivity contribution in [3.05, 3.63) is 24.5 Å². The minimum absolute atomic E-state index is 0.150. The number of hydrogen-bond donors (Lipinski definition) is 1. The van der Waals surface area contributed by atoms with Gasteiger partial charge in [-0.25, -0.2) is 4.79 Å². The Labute approximate surface area is 71.2 Å². The monoisotopic (exact) mass is 165 g/mol. The number of urea groups is 1. The summed E-state index contributed by atoms with van der Waals surface area (Å²) in [5.74, 6) is 0. The highest BCUT2D eigenvalue weighted by Crippen LogP contribution is 2.02. The lowest BCUT2D eigenvalue weighted by atomic mass is 10.4. The number of carbonyl (C=O) groups excluding carboxylic acids is 1. The summed E-state index contributed by atoms with van der Waals surface area (Å²) in [6.07, 6.45) is 3.26. The van der Waals surface area contributed by atoms with Gasteiger partial charge in [0.2, 0.25) is 0 Å². The molecule has 0 fully saturated rings. The van der Waals surface area contributed by atoms with Crippen LogP contribution in [0.15, 0.2) is 24.5 Å². The van der Waals surface area contributed by atoms with Crippen LogP contribution in [0.1, 0.15) is 0 Å². The van der Waals surface area contributed by atoms with Crippen LogP contribution in [0.25, 0.3) is 0 Å². The number of anilines is 1. The second-order valence-electron chi connectivity index (χ2n) is 2.57. The molecular weight excluding hydrogens is 154 g/mol. The van der Waals surface area contributed by atoms with Gasteiger partial charge >= 0.3 is 6.03 Å². The number of nitrogens with zero attached hydrogens (tertiary/aromatic N) is 2. The number of nitrogens with one attached hydrogen (secondary N) is 1. The fraction of sp³-hybridized carbons (Fsp3) is 0.250. The number of amides is 2. The van der Waals surface area contributed by atoms with Gasteiger partial charge in [0.15, 0.2) is 0 Å². The summed E-state index contributed by atoms with van der Waals surface area (Å²) in [5.41, 5.74) is 0.705. The molecule has 1 rings (SSSR count). The van der Waals surface area contributed by atoms with Crippen LogP contribution in [-0.4, -0.2) is 30.0 Å². The normalized spacial score (nSPS) is 9.17. The first kappa shape index (κ1) is 8.52. The van der Waals surface area contributed by atoms with Crippen LogP contribution in [0.4, 0.5) is 10.5 Å². The summed E-state index contributed by atoms with van der Waals surface area (Å²) < 4.78 is 0. The van der Waals surface area contributed by atoms with Gasteiger partial charge in [-0.15, -0.1) is 0 Å². The molecule has 0 aliphatic rings. The lowest BCUT2D eigenvalue weighted by molar-refractivity contribution is 0.230. The molecule has 0 aliphatic heterocycles. The lowest BCUT2D eigenvalue weighted by Gasteiger charge is -2.10. The van der Waals surface area contributed by atoms with E-state index in [1.807, 2.05) is 0 Å². The molecule has 0 saturated carbocycles. The van der Waals surface area contributed by atoms with Gasteiger partial charge in [0.05, 0.1) is 11.9 Å². The summed E-state index contributed by atoms with van der Waals surface area (Å²) in [7, 11) is 3.37. The van der Waals surface area contributed by atoms with E-state index in [1.165, 1.54) is 4.90 Å². The van der Waals surface area contributed by atoms with Gasteiger partial charge in [-0.3, -0.25) is 4.98 Å². The van der Waals surface area contributed by atoms with Crippen molar-refractivity contribution in [2.45, 2.75) is 0 Å². The van der Waals surface area contributed by atoms with E-state index in [1.54, 1.807) is 38.6 Å². The Hall–Kier alpha value is -1.58. The van der Waals surface area contributed by atoms with Crippen LogP contribution >= 0.6 is 0 Å². The van der Waals surface area contributed by atoms with E-state index in [4.69, 9.17) is 0 Å². The first-order valence-electron chi connectivity index (χ1n) is 3.58. The molecular formula is C8H11N3O. The molecule has 1 aromatic heterocycles. The van der Waals surface area contributed by atoms with Gasteiger partial charge < -0.3 is 10.2 Å². The van der Waals surface area contributed by atoms with Crippen molar-refractivity contribution < 1.29 is 4.79 Å². The van der Waals surface area contributed by atoms with Crippen molar-refractivity contribution in [1.82, 2.24) is 9.88 Å². The van der Waals surface area contributed by atoms with Crippen LogP contribution in [0.2, 0.25) is 0 Å². The molecule has 0 atom stereocenters. The van der Waals surface area contributed by atoms with Crippen LogP contribution < -0.4 is 5.32 Å². The van der Waals surface area contributed by atoms with Crippen LogP contribution in [-0.2, 0) is 0 Å². The molecule has 0 bridgehead atoms. The van der Waals surface area contributed by atoms with Crippen molar-refractivity contribution in [3.63, 3.8) is 0 Å². The predicted molar refractivity (Wildman–Crippen MR) is 46.9 cm³/mol. The third-order valence-corrected chi connectivity index (χ3v) is 1.32. The van der Waals surface area contributed by atoms with Crippen LogP contribution in [0.3, 0.4) is 0 Å². The van der Waals surface area contributed by atoms with Crippen LogP contribution in [0.5, 0.6) is 0 Å². The zero-order valence-electron chi connectivity index (χ0n) is 7.11. The molecule has 2 amide bonds. The number of carbonyl (C=O) groups is 1. The maximum absolute atomic E-state index is 11.1. The zero-order valence-corrected chi connectivity index (χ0v) is 7.11. The Kier molecular flexibility index (Phi) is 2.63. The van der Waals surface area contributed by atoms with Gasteiger partial charge in [0.1, 0.15) is 0 Å². The summed E-state index contributed by atoms with van der Waals surface area (Å²) in [4.78, 5) is 16.4. The highest BCUT2D eigenvalue weighted by molar-refractivity contribution is 5.88. The molecule has 0 unspecified atom stereocenters. The van der Waals surface area contributed by atoms with Crippen LogP contribution in [0, 0.1) is 0 Å². The summed E-state index contributed by atoms with van der Waals surface area (Å²) in [6, 6.07) is 3.41. The highest BCUT2D eigenvalue weighted by Gasteiger charge is 2.01. The average molecular weight is 165 g/mol. The molecule has 1 heterocycles. The van der Waals surface area contributed by atoms with E-state index in [0.717, 1.165) is 0 Å². The molecule has 64 valence electrons. The van der Waals surface area contributed by atoms with Crippen molar-refractivity contribution in [2.24, 2.45) is 0 Å². The zero-order chi connectivity index (χ0) is 8.97. The van der Waals surface area contributed by atoms with Gasteiger partial charge in [0.25, 0.3) is 0 Å². The topological polar surface area (TPSA) is 45.2 Å². The Morgan fingerprint density at radius 2 is 2.33 bits per heavy atom. The van der Waals surface area contributed by atoms with E-state index in [-0.39, 0.29) is 6.03 Å². The Morgan fingerprint density at radius 1 is 1.58 bits per heavy atom. The first-order valence-corrected chi connectivity index (χ1v) is 3.58. The van der Waals surface area contributed by atoms with Gasteiger partial charge in [-0.2, -0.15) is 0 Å². The Balaban J connectivity index is 2.59. The molecule has 12 heavy (non-hydrogen) atoms. The molecule has 0 aliphatic carbocycles. The van der Waals surface area contributed by atoms with Crippen molar-refractivity contribution in [1.29, 1.82) is 0 Å². The molecule has 0 radical (unpaired) electrons. The molecule has 1 N–H and O–H groups in total. The predicted octanol–water partition coefficient (Wildman–Crippen LogP) is 1.18. The minimum atomic E-state index is -0.150. The lowest BCUT2D eigenvalue weighted by Crippen LogP contribution is -2.27. The van der Waals surface area contributed by atoms with E-state index in [0.29, 0.717) is 5.69 Å². The van der Waals surface area contributed by atoms with E-state index < -0.39 is 0 Å². The number of hydrogen-bond acceptors (Lipinski definition) is 2. The number of pyridine rings is 1. The Morgan fingerprint density at radius 3 is 2.83 bits per heavy atom. The van der Waals surface area contributed by atoms with Crippen molar-refractivity contribution >= 4 is 11.7 Å². The minimum Gasteiger partial charge on any atom is -0.331 e. The van der Waals surface area contributed by atoms with Gasteiger partial charge in [0, 0.05) is 20.3 Å². The molecule has 1 aromatic rings.